The van der Waals surface area contributed by atoms with Crippen molar-refractivity contribution in [2.24, 2.45) is 5.92 Å². The van der Waals surface area contributed by atoms with Gasteiger partial charge < -0.3 is 15.0 Å². The van der Waals surface area contributed by atoms with Gasteiger partial charge in [0.25, 0.3) is 0 Å². The SMILES string of the molecule is CC(C)Cn1c(SCC(=O)Nc2cc(Cl)ccc2F)nnc1N1CCOCC1. The molecule has 1 fully saturated rings. The van der Waals surface area contributed by atoms with E-state index < -0.39 is 5.82 Å². The maximum atomic E-state index is 13.8. The fraction of sp³-hybridized carbons (Fsp3) is 0.500. The Labute approximate surface area is 172 Å². The number of hydrogen-bond donors (Lipinski definition) is 1. The number of carbonyl (C=O) groups is 1. The molecule has 0 saturated carbocycles. The van der Waals surface area contributed by atoms with E-state index in [1.54, 1.807) is 0 Å². The van der Waals surface area contributed by atoms with Crippen LogP contribution in [0.5, 0.6) is 0 Å². The van der Waals surface area contributed by atoms with Gasteiger partial charge in [0.1, 0.15) is 5.82 Å². The number of carbonyl (C=O) groups excluding carboxylic acids is 1. The monoisotopic (exact) mass is 427 g/mol. The van der Waals surface area contributed by atoms with Crippen molar-refractivity contribution < 1.29 is 13.9 Å². The quantitative estimate of drug-likeness (QED) is 0.683. The van der Waals surface area contributed by atoms with Crippen LogP contribution in [-0.2, 0) is 16.1 Å². The minimum atomic E-state index is -0.527. The Morgan fingerprint density at radius 1 is 1.36 bits per heavy atom. The smallest absolute Gasteiger partial charge is 0.234 e. The molecule has 2 heterocycles. The lowest BCUT2D eigenvalue weighted by Gasteiger charge is -2.28. The van der Waals surface area contributed by atoms with Crippen LogP contribution >= 0.6 is 23.4 Å². The highest BCUT2D eigenvalue weighted by molar-refractivity contribution is 7.99. The first kappa shape index (κ1) is 20.9. The van der Waals surface area contributed by atoms with E-state index in [4.69, 9.17) is 16.3 Å². The number of halogens is 2. The summed E-state index contributed by atoms with van der Waals surface area (Å²) < 4.78 is 21.2. The zero-order chi connectivity index (χ0) is 20.1. The summed E-state index contributed by atoms with van der Waals surface area (Å²) in [5, 5.41) is 12.2. The summed E-state index contributed by atoms with van der Waals surface area (Å²) in [6.45, 7) is 7.81. The fourth-order valence-corrected chi connectivity index (χ4v) is 3.73. The van der Waals surface area contributed by atoms with Gasteiger partial charge in [0.2, 0.25) is 11.9 Å². The normalized spacial score (nSPS) is 14.5. The molecule has 0 unspecified atom stereocenters. The average Bonchev–Trinajstić information content (AvgIpc) is 3.05. The molecule has 0 atom stereocenters. The lowest BCUT2D eigenvalue weighted by molar-refractivity contribution is -0.113. The molecule has 0 radical (unpaired) electrons. The Bertz CT molecular complexity index is 826. The number of thioether (sulfide) groups is 1. The first-order valence-electron chi connectivity index (χ1n) is 9.07. The van der Waals surface area contributed by atoms with Gasteiger partial charge in [-0.2, -0.15) is 0 Å². The molecule has 1 aliphatic rings. The van der Waals surface area contributed by atoms with Crippen molar-refractivity contribution in [3.8, 4) is 0 Å². The van der Waals surface area contributed by atoms with Gasteiger partial charge in [0.15, 0.2) is 5.16 Å². The van der Waals surface area contributed by atoms with Crippen molar-refractivity contribution in [1.29, 1.82) is 0 Å². The van der Waals surface area contributed by atoms with Crippen LogP contribution in [0.15, 0.2) is 23.4 Å². The van der Waals surface area contributed by atoms with Crippen molar-refractivity contribution in [3.05, 3.63) is 29.0 Å². The molecule has 1 aromatic heterocycles. The van der Waals surface area contributed by atoms with Crippen LogP contribution in [0, 0.1) is 11.7 Å². The topological polar surface area (TPSA) is 72.3 Å². The van der Waals surface area contributed by atoms with E-state index in [2.05, 4.69) is 34.3 Å². The number of aromatic nitrogens is 3. The molecule has 0 bridgehead atoms. The molecule has 2 aromatic rings. The number of rotatable bonds is 7. The van der Waals surface area contributed by atoms with Gasteiger partial charge >= 0.3 is 0 Å². The molecule has 152 valence electrons. The van der Waals surface area contributed by atoms with Crippen LogP contribution < -0.4 is 10.2 Å². The molecule has 3 rings (SSSR count). The second-order valence-electron chi connectivity index (χ2n) is 6.85. The first-order chi connectivity index (χ1) is 13.4. The summed E-state index contributed by atoms with van der Waals surface area (Å²) >= 11 is 7.14. The van der Waals surface area contributed by atoms with Gasteiger partial charge in [-0.1, -0.05) is 37.2 Å². The number of amides is 1. The Hall–Kier alpha value is -1.84. The van der Waals surface area contributed by atoms with E-state index in [1.165, 1.54) is 30.0 Å². The summed E-state index contributed by atoms with van der Waals surface area (Å²) in [6, 6.07) is 4.04. The lowest BCUT2D eigenvalue weighted by atomic mass is 10.2. The predicted octanol–water partition coefficient (Wildman–Crippen LogP) is 3.29. The Kier molecular flexibility index (Phi) is 7.14. The van der Waals surface area contributed by atoms with E-state index in [-0.39, 0.29) is 17.3 Å². The summed E-state index contributed by atoms with van der Waals surface area (Å²) in [5.41, 5.74) is 0.0655. The van der Waals surface area contributed by atoms with Crippen molar-refractivity contribution >= 4 is 40.9 Å². The first-order valence-corrected chi connectivity index (χ1v) is 10.4. The van der Waals surface area contributed by atoms with Crippen LogP contribution in [0.4, 0.5) is 16.0 Å². The molecule has 0 aliphatic carbocycles. The highest BCUT2D eigenvalue weighted by Crippen LogP contribution is 2.25. The molecule has 1 N–H and O–H groups in total. The highest BCUT2D eigenvalue weighted by atomic mass is 35.5. The third-order valence-electron chi connectivity index (χ3n) is 4.07. The standard InChI is InChI=1S/C18H23ClFN5O2S/c1-12(2)10-25-17(24-5-7-27-8-6-24)22-23-18(25)28-11-16(26)21-15-9-13(19)3-4-14(15)20/h3-4,9,12H,5-8,10-11H2,1-2H3,(H,21,26). The minimum Gasteiger partial charge on any atom is -0.378 e. The van der Waals surface area contributed by atoms with E-state index in [1.807, 2.05) is 4.57 Å². The van der Waals surface area contributed by atoms with E-state index in [0.29, 0.717) is 29.3 Å². The third-order valence-corrected chi connectivity index (χ3v) is 5.28. The molecule has 1 amide bonds. The van der Waals surface area contributed by atoms with Crippen LogP contribution in [0.2, 0.25) is 5.02 Å². The molecule has 7 nitrogen and oxygen atoms in total. The summed E-state index contributed by atoms with van der Waals surface area (Å²) in [6.07, 6.45) is 0. The number of hydrogen-bond acceptors (Lipinski definition) is 6. The number of anilines is 2. The fourth-order valence-electron chi connectivity index (χ4n) is 2.82. The Morgan fingerprint density at radius 2 is 2.11 bits per heavy atom. The lowest BCUT2D eigenvalue weighted by Crippen LogP contribution is -2.38. The number of nitrogens with zero attached hydrogens (tertiary/aromatic N) is 4. The summed E-state index contributed by atoms with van der Waals surface area (Å²) in [7, 11) is 0. The van der Waals surface area contributed by atoms with Crippen molar-refractivity contribution in [1.82, 2.24) is 14.8 Å². The minimum absolute atomic E-state index is 0.0655. The molecular formula is C18H23ClFN5O2S. The molecule has 1 aromatic carbocycles. The van der Waals surface area contributed by atoms with E-state index >= 15 is 0 Å². The van der Waals surface area contributed by atoms with Gasteiger partial charge in [-0.05, 0) is 24.1 Å². The maximum Gasteiger partial charge on any atom is 0.234 e. The van der Waals surface area contributed by atoms with Crippen molar-refractivity contribution in [3.63, 3.8) is 0 Å². The van der Waals surface area contributed by atoms with Crippen LogP contribution in [-0.4, -0.2) is 52.7 Å². The molecule has 28 heavy (non-hydrogen) atoms. The highest BCUT2D eigenvalue weighted by Gasteiger charge is 2.21. The van der Waals surface area contributed by atoms with Gasteiger partial charge in [-0.25, -0.2) is 4.39 Å². The second kappa shape index (κ2) is 9.58. The number of ether oxygens (including phenoxy) is 1. The molecule has 0 spiro atoms. The second-order valence-corrected chi connectivity index (χ2v) is 8.23. The van der Waals surface area contributed by atoms with E-state index in [0.717, 1.165) is 25.6 Å². The maximum absolute atomic E-state index is 13.8. The number of nitrogens with one attached hydrogen (secondary N) is 1. The van der Waals surface area contributed by atoms with Crippen molar-refractivity contribution in [2.45, 2.75) is 25.5 Å². The zero-order valence-electron chi connectivity index (χ0n) is 15.8. The molecule has 1 saturated heterocycles. The number of morpholine rings is 1. The number of benzene rings is 1. The van der Waals surface area contributed by atoms with Gasteiger partial charge in [0, 0.05) is 24.7 Å². The van der Waals surface area contributed by atoms with Gasteiger partial charge in [-0.3, -0.25) is 9.36 Å². The Balaban J connectivity index is 1.68. The van der Waals surface area contributed by atoms with Crippen LogP contribution in [0.25, 0.3) is 0 Å². The summed E-state index contributed by atoms with van der Waals surface area (Å²) in [4.78, 5) is 14.4. The van der Waals surface area contributed by atoms with Gasteiger partial charge in [-0.15, -0.1) is 10.2 Å². The van der Waals surface area contributed by atoms with Gasteiger partial charge in [0.05, 0.1) is 24.7 Å². The Morgan fingerprint density at radius 3 is 2.82 bits per heavy atom. The third kappa shape index (κ3) is 5.36. The molecule has 10 heteroatoms. The van der Waals surface area contributed by atoms with Crippen LogP contribution in [0.1, 0.15) is 13.8 Å². The zero-order valence-corrected chi connectivity index (χ0v) is 17.4. The van der Waals surface area contributed by atoms with E-state index in [9.17, 15) is 9.18 Å². The van der Waals surface area contributed by atoms with Crippen molar-refractivity contribution in [2.75, 3.05) is 42.3 Å². The average molecular weight is 428 g/mol. The molecule has 1 aliphatic heterocycles. The predicted molar refractivity (Wildman–Crippen MR) is 109 cm³/mol. The summed E-state index contributed by atoms with van der Waals surface area (Å²) in [5.74, 6) is 0.412. The van der Waals surface area contributed by atoms with Crippen LogP contribution in [0.3, 0.4) is 0 Å². The molecular weight excluding hydrogens is 405 g/mol. The largest absolute Gasteiger partial charge is 0.378 e.